The van der Waals surface area contributed by atoms with Gasteiger partial charge in [-0.2, -0.15) is 0 Å². The number of halogens is 1. The molecule has 0 bridgehead atoms. The van der Waals surface area contributed by atoms with Crippen LogP contribution in [-0.4, -0.2) is 23.3 Å². The highest BCUT2D eigenvalue weighted by atomic mass is 35.5. The topological polar surface area (TPSA) is 31.4 Å². The largest absolute Gasteiger partial charge is 0.514 e. The molecule has 0 amide bonds. The molecule has 0 aliphatic carbocycles. The zero-order valence-electron chi connectivity index (χ0n) is 10.9. The van der Waals surface area contributed by atoms with Gasteiger partial charge in [0.15, 0.2) is 0 Å². The Bertz CT molecular complexity index is 432. The van der Waals surface area contributed by atoms with Crippen LogP contribution in [0.5, 0.6) is 0 Å². The van der Waals surface area contributed by atoms with Gasteiger partial charge in [-0.25, -0.2) is 4.98 Å². The Morgan fingerprint density at radius 1 is 1.12 bits per heavy atom. The van der Waals surface area contributed by atoms with Crippen LogP contribution in [-0.2, 0) is 9.31 Å². The van der Waals surface area contributed by atoms with E-state index in [0.29, 0.717) is 5.15 Å². The minimum absolute atomic E-state index is 0.353. The Morgan fingerprint density at radius 3 is 2.18 bits per heavy atom. The van der Waals surface area contributed by atoms with Gasteiger partial charge in [0.2, 0.25) is 0 Å². The Morgan fingerprint density at radius 2 is 1.65 bits per heavy atom. The molecule has 0 radical (unpaired) electrons. The molecular formula is C12H17BClNO2. The number of hydrogen-bond acceptors (Lipinski definition) is 3. The molecular weight excluding hydrogens is 236 g/mol. The molecule has 1 aliphatic heterocycles. The third-order valence-electron chi connectivity index (χ3n) is 3.58. The lowest BCUT2D eigenvalue weighted by atomic mass is 9.81. The van der Waals surface area contributed by atoms with E-state index in [0.717, 1.165) is 11.2 Å². The van der Waals surface area contributed by atoms with E-state index < -0.39 is 7.12 Å². The number of hydrogen-bond donors (Lipinski definition) is 0. The molecule has 0 N–H and O–H groups in total. The highest BCUT2D eigenvalue weighted by Gasteiger charge is 2.52. The summed E-state index contributed by atoms with van der Waals surface area (Å²) < 4.78 is 11.9. The molecule has 0 unspecified atom stereocenters. The zero-order valence-corrected chi connectivity index (χ0v) is 11.6. The van der Waals surface area contributed by atoms with E-state index in [1.165, 1.54) is 0 Å². The minimum Gasteiger partial charge on any atom is -0.398 e. The summed E-state index contributed by atoms with van der Waals surface area (Å²) in [4.78, 5) is 4.30. The normalized spacial score (nSPS) is 21.9. The van der Waals surface area contributed by atoms with Crippen molar-refractivity contribution in [2.24, 2.45) is 0 Å². The number of aromatic nitrogens is 1. The second kappa shape index (κ2) is 3.97. The molecule has 0 spiro atoms. The lowest BCUT2D eigenvalue weighted by Crippen LogP contribution is -2.41. The molecule has 0 saturated carbocycles. The molecule has 92 valence electrons. The van der Waals surface area contributed by atoms with Gasteiger partial charge in [0, 0.05) is 0 Å². The molecule has 17 heavy (non-hydrogen) atoms. The molecule has 5 heteroatoms. The highest BCUT2D eigenvalue weighted by Crippen LogP contribution is 2.36. The van der Waals surface area contributed by atoms with E-state index in [1.807, 2.05) is 40.7 Å². The minimum atomic E-state index is -0.446. The maximum atomic E-state index is 5.94. The highest BCUT2D eigenvalue weighted by molar-refractivity contribution is 6.61. The molecule has 0 aromatic carbocycles. The summed E-state index contributed by atoms with van der Waals surface area (Å²) >= 11 is 5.92. The van der Waals surface area contributed by atoms with Crippen LogP contribution in [0.4, 0.5) is 0 Å². The molecule has 1 saturated heterocycles. The summed E-state index contributed by atoms with van der Waals surface area (Å²) in [6.45, 7) is 10.1. The van der Waals surface area contributed by atoms with Gasteiger partial charge in [-0.15, -0.1) is 0 Å². The van der Waals surface area contributed by atoms with Crippen molar-refractivity contribution in [1.29, 1.82) is 0 Å². The van der Waals surface area contributed by atoms with Crippen molar-refractivity contribution in [3.8, 4) is 0 Å². The smallest absolute Gasteiger partial charge is 0.398 e. The first-order chi connectivity index (χ1) is 7.73. The Balaban J connectivity index is 2.35. The first kappa shape index (κ1) is 12.9. The third-order valence-corrected chi connectivity index (χ3v) is 3.79. The zero-order chi connectivity index (χ0) is 12.8. The van der Waals surface area contributed by atoms with Gasteiger partial charge in [-0.05, 0) is 46.2 Å². The summed E-state index contributed by atoms with van der Waals surface area (Å²) in [5, 5.41) is 0.459. The second-order valence-corrected chi connectivity index (χ2v) is 5.81. The Labute approximate surface area is 108 Å². The van der Waals surface area contributed by atoms with E-state index in [4.69, 9.17) is 20.9 Å². The first-order valence-electron chi connectivity index (χ1n) is 5.72. The van der Waals surface area contributed by atoms with Gasteiger partial charge in [0.25, 0.3) is 0 Å². The van der Waals surface area contributed by atoms with Crippen LogP contribution < -0.4 is 5.59 Å². The average Bonchev–Trinajstić information content (AvgIpc) is 2.40. The van der Waals surface area contributed by atoms with E-state index in [2.05, 4.69) is 4.98 Å². The summed E-state index contributed by atoms with van der Waals surface area (Å²) in [7, 11) is -0.446. The molecule has 1 aromatic heterocycles. The third kappa shape index (κ3) is 2.22. The van der Waals surface area contributed by atoms with E-state index in [-0.39, 0.29) is 11.2 Å². The van der Waals surface area contributed by atoms with Gasteiger partial charge in [-0.3, -0.25) is 0 Å². The average molecular weight is 254 g/mol. The van der Waals surface area contributed by atoms with Crippen LogP contribution in [0.2, 0.25) is 5.15 Å². The fourth-order valence-electron chi connectivity index (χ4n) is 1.71. The summed E-state index contributed by atoms with van der Waals surface area (Å²) in [6.07, 6.45) is 0. The maximum Gasteiger partial charge on any atom is 0.514 e. The summed E-state index contributed by atoms with van der Waals surface area (Å²) in [5.74, 6) is 0. The van der Waals surface area contributed by atoms with Crippen molar-refractivity contribution in [2.75, 3.05) is 0 Å². The van der Waals surface area contributed by atoms with Crippen molar-refractivity contribution < 1.29 is 9.31 Å². The first-order valence-corrected chi connectivity index (χ1v) is 6.09. The van der Waals surface area contributed by atoms with Gasteiger partial charge in [-0.1, -0.05) is 17.7 Å². The van der Waals surface area contributed by atoms with Crippen molar-refractivity contribution in [3.05, 3.63) is 22.8 Å². The number of nitrogens with zero attached hydrogens (tertiary/aromatic N) is 1. The van der Waals surface area contributed by atoms with Gasteiger partial charge in [0.1, 0.15) is 5.15 Å². The lowest BCUT2D eigenvalue weighted by molar-refractivity contribution is 0.00578. The van der Waals surface area contributed by atoms with Crippen LogP contribution in [0.3, 0.4) is 0 Å². The van der Waals surface area contributed by atoms with Crippen molar-refractivity contribution in [2.45, 2.75) is 45.8 Å². The van der Waals surface area contributed by atoms with Crippen molar-refractivity contribution in [3.63, 3.8) is 0 Å². The Hall–Kier alpha value is -0.575. The van der Waals surface area contributed by atoms with Crippen molar-refractivity contribution >= 4 is 24.3 Å². The van der Waals surface area contributed by atoms with Crippen LogP contribution in [0, 0.1) is 6.92 Å². The summed E-state index contributed by atoms with van der Waals surface area (Å²) in [6, 6.07) is 3.70. The van der Waals surface area contributed by atoms with Crippen LogP contribution in [0.1, 0.15) is 33.3 Å². The van der Waals surface area contributed by atoms with Crippen LogP contribution >= 0.6 is 11.6 Å². The molecule has 2 rings (SSSR count). The van der Waals surface area contributed by atoms with E-state index in [9.17, 15) is 0 Å². The van der Waals surface area contributed by atoms with Gasteiger partial charge in [0.05, 0.1) is 16.8 Å². The summed E-state index contributed by atoms with van der Waals surface area (Å²) in [5.41, 5.74) is 1.08. The van der Waals surface area contributed by atoms with Gasteiger partial charge >= 0.3 is 7.12 Å². The molecule has 2 heterocycles. The van der Waals surface area contributed by atoms with Gasteiger partial charge < -0.3 is 9.31 Å². The van der Waals surface area contributed by atoms with Crippen molar-refractivity contribution in [1.82, 2.24) is 4.98 Å². The van der Waals surface area contributed by atoms with Crippen LogP contribution in [0.15, 0.2) is 12.1 Å². The molecule has 1 aliphatic rings. The standard InChI is InChI=1S/C12H17BClNO2/c1-8-6-7-9(14)15-10(8)13-16-11(2,3)12(4,5)17-13/h6-7H,1-5H3. The Kier molecular flexibility index (Phi) is 3.01. The predicted octanol–water partition coefficient (Wildman–Crippen LogP) is 2.34. The fourth-order valence-corrected chi connectivity index (χ4v) is 1.87. The fraction of sp³-hybridized carbons (Fsp3) is 0.583. The molecule has 3 nitrogen and oxygen atoms in total. The lowest BCUT2D eigenvalue weighted by Gasteiger charge is -2.32. The molecule has 1 fully saturated rings. The monoisotopic (exact) mass is 253 g/mol. The number of aryl methyl sites for hydroxylation is 1. The molecule has 0 atom stereocenters. The SMILES string of the molecule is Cc1ccc(Cl)nc1B1OC(C)(C)C(C)(C)O1. The van der Waals surface area contributed by atoms with Crippen LogP contribution in [0.25, 0.3) is 0 Å². The number of rotatable bonds is 1. The molecule has 1 aromatic rings. The predicted molar refractivity (Wildman–Crippen MR) is 69.7 cm³/mol. The maximum absolute atomic E-state index is 5.94. The number of pyridine rings is 1. The quantitative estimate of drug-likeness (QED) is 0.569. The second-order valence-electron chi connectivity index (χ2n) is 5.42. The van der Waals surface area contributed by atoms with E-state index >= 15 is 0 Å². The van der Waals surface area contributed by atoms with E-state index in [1.54, 1.807) is 6.07 Å².